The predicted octanol–water partition coefficient (Wildman–Crippen LogP) is 2.97. The van der Waals surface area contributed by atoms with Gasteiger partial charge in [-0.15, -0.1) is 0 Å². The van der Waals surface area contributed by atoms with Crippen LogP contribution >= 0.6 is 0 Å². The normalized spacial score (nSPS) is 10.0. The number of urea groups is 1. The maximum atomic E-state index is 11.6. The summed E-state index contributed by atoms with van der Waals surface area (Å²) in [6.45, 7) is 2.09. The van der Waals surface area contributed by atoms with Crippen molar-refractivity contribution in [2.75, 3.05) is 12.4 Å². The van der Waals surface area contributed by atoms with E-state index in [0.29, 0.717) is 11.4 Å². The molecular formula is C13H15N5O3. The van der Waals surface area contributed by atoms with Crippen LogP contribution in [-0.2, 0) is 6.61 Å². The molecule has 0 fully saturated rings. The van der Waals surface area contributed by atoms with Gasteiger partial charge in [0.2, 0.25) is 0 Å². The van der Waals surface area contributed by atoms with Gasteiger partial charge in [0, 0.05) is 7.05 Å². The van der Waals surface area contributed by atoms with Crippen molar-refractivity contribution < 1.29 is 14.1 Å². The van der Waals surface area contributed by atoms with E-state index >= 15 is 0 Å². The van der Waals surface area contributed by atoms with E-state index in [2.05, 4.69) is 15.7 Å². The second-order valence-electron chi connectivity index (χ2n) is 4.28. The molecule has 0 aliphatic rings. The highest BCUT2D eigenvalue weighted by Gasteiger charge is 2.14. The first kappa shape index (κ1) is 14.5. The molecular weight excluding hydrogens is 274 g/mol. The molecule has 0 bridgehead atoms. The Hall–Kier alpha value is -2.90. The Labute approximate surface area is 121 Å². The van der Waals surface area contributed by atoms with Crippen molar-refractivity contribution >= 4 is 11.7 Å². The SMILES string of the molecule is Cc1ccccc1OCc1nocc1NC(=O)N(C)N=N. The molecule has 0 spiro atoms. The van der Waals surface area contributed by atoms with Gasteiger partial charge in [-0.05, 0) is 18.6 Å². The lowest BCUT2D eigenvalue weighted by molar-refractivity contribution is 0.220. The van der Waals surface area contributed by atoms with Crippen LogP contribution in [-0.4, -0.2) is 23.2 Å². The lowest BCUT2D eigenvalue weighted by Crippen LogP contribution is -2.26. The molecule has 0 aliphatic carbocycles. The van der Waals surface area contributed by atoms with E-state index in [4.69, 9.17) is 14.8 Å². The van der Waals surface area contributed by atoms with Gasteiger partial charge >= 0.3 is 6.03 Å². The molecule has 0 aliphatic heterocycles. The largest absolute Gasteiger partial charge is 0.487 e. The summed E-state index contributed by atoms with van der Waals surface area (Å²) < 4.78 is 10.5. The molecule has 21 heavy (non-hydrogen) atoms. The van der Waals surface area contributed by atoms with E-state index in [1.807, 2.05) is 31.2 Å². The Balaban J connectivity index is 2.02. The molecule has 110 valence electrons. The Kier molecular flexibility index (Phi) is 4.50. The molecule has 0 atom stereocenters. The molecule has 0 radical (unpaired) electrons. The summed E-state index contributed by atoms with van der Waals surface area (Å²) in [6, 6.07) is 7.01. The number of anilines is 1. The van der Waals surface area contributed by atoms with Crippen LogP contribution in [0.1, 0.15) is 11.3 Å². The number of carbonyl (C=O) groups excluding carboxylic acids is 1. The molecule has 1 aromatic carbocycles. The number of benzene rings is 1. The zero-order valence-corrected chi connectivity index (χ0v) is 11.7. The van der Waals surface area contributed by atoms with Crippen LogP contribution in [0.3, 0.4) is 0 Å². The zero-order chi connectivity index (χ0) is 15.2. The monoisotopic (exact) mass is 289 g/mol. The fourth-order valence-electron chi connectivity index (χ4n) is 1.57. The number of nitrogens with zero attached hydrogens (tertiary/aromatic N) is 3. The number of hydrogen-bond acceptors (Lipinski definition) is 6. The molecule has 0 saturated heterocycles. The van der Waals surface area contributed by atoms with Gasteiger partial charge in [0.05, 0.1) is 0 Å². The highest BCUT2D eigenvalue weighted by atomic mass is 16.5. The Bertz CT molecular complexity index is 640. The summed E-state index contributed by atoms with van der Waals surface area (Å²) in [6.07, 6.45) is 1.30. The van der Waals surface area contributed by atoms with E-state index < -0.39 is 6.03 Å². The molecule has 8 heteroatoms. The third-order valence-electron chi connectivity index (χ3n) is 2.79. The first-order valence-corrected chi connectivity index (χ1v) is 6.15. The molecule has 2 aromatic rings. The number of nitrogens with one attached hydrogen (secondary N) is 2. The second kappa shape index (κ2) is 6.51. The lowest BCUT2D eigenvalue weighted by atomic mass is 10.2. The molecule has 2 amide bonds. The molecule has 1 heterocycles. The van der Waals surface area contributed by atoms with E-state index in [0.717, 1.165) is 16.3 Å². The van der Waals surface area contributed by atoms with Crippen molar-refractivity contribution in [3.63, 3.8) is 0 Å². The Morgan fingerprint density at radius 2 is 2.29 bits per heavy atom. The minimum absolute atomic E-state index is 0.151. The highest BCUT2D eigenvalue weighted by molar-refractivity contribution is 5.89. The zero-order valence-electron chi connectivity index (χ0n) is 11.7. The Morgan fingerprint density at radius 1 is 1.52 bits per heavy atom. The summed E-state index contributed by atoms with van der Waals surface area (Å²) in [5, 5.41) is 10.2. The minimum atomic E-state index is -0.564. The molecule has 8 nitrogen and oxygen atoms in total. The van der Waals surface area contributed by atoms with Gasteiger partial charge in [-0.3, -0.25) is 0 Å². The first-order chi connectivity index (χ1) is 10.1. The number of ether oxygens (including phenoxy) is 1. The van der Waals surface area contributed by atoms with Gasteiger partial charge in [0.1, 0.15) is 30.0 Å². The van der Waals surface area contributed by atoms with Crippen LogP contribution < -0.4 is 10.1 Å². The third kappa shape index (κ3) is 3.56. The van der Waals surface area contributed by atoms with Gasteiger partial charge < -0.3 is 14.6 Å². The molecule has 2 rings (SSSR count). The standard InChI is InChI=1S/C13H15N5O3/c1-9-5-3-4-6-12(9)20-7-11-10(8-21-16-11)15-13(19)18(2)17-14/h3-6,8,14H,7H2,1-2H3,(H,15,19). The van der Waals surface area contributed by atoms with Gasteiger partial charge in [-0.1, -0.05) is 28.6 Å². The highest BCUT2D eigenvalue weighted by Crippen LogP contribution is 2.20. The number of hydrogen-bond donors (Lipinski definition) is 2. The minimum Gasteiger partial charge on any atom is -0.487 e. The van der Waals surface area contributed by atoms with Crippen LogP contribution in [0.25, 0.3) is 0 Å². The second-order valence-corrected chi connectivity index (χ2v) is 4.28. The Morgan fingerprint density at radius 3 is 3.00 bits per heavy atom. The van der Waals surface area contributed by atoms with E-state index in [1.165, 1.54) is 13.3 Å². The van der Waals surface area contributed by atoms with Crippen molar-refractivity contribution in [3.8, 4) is 5.75 Å². The van der Waals surface area contributed by atoms with Crippen molar-refractivity contribution in [2.24, 2.45) is 5.22 Å². The van der Waals surface area contributed by atoms with Crippen LogP contribution in [0.5, 0.6) is 5.75 Å². The average molecular weight is 289 g/mol. The van der Waals surface area contributed by atoms with Crippen molar-refractivity contribution in [2.45, 2.75) is 13.5 Å². The maximum absolute atomic E-state index is 11.6. The summed E-state index contributed by atoms with van der Waals surface area (Å²) in [5.74, 6) is 0.732. The number of amides is 2. The number of aryl methyl sites for hydroxylation is 1. The summed E-state index contributed by atoms with van der Waals surface area (Å²) in [7, 11) is 1.36. The molecule has 0 unspecified atom stereocenters. The van der Waals surface area contributed by atoms with Crippen molar-refractivity contribution in [1.29, 1.82) is 5.53 Å². The van der Waals surface area contributed by atoms with E-state index in [-0.39, 0.29) is 6.61 Å². The summed E-state index contributed by atoms with van der Waals surface area (Å²) in [4.78, 5) is 11.6. The van der Waals surface area contributed by atoms with Crippen molar-refractivity contribution in [1.82, 2.24) is 10.2 Å². The van der Waals surface area contributed by atoms with Gasteiger partial charge in [0.25, 0.3) is 0 Å². The number of rotatable bonds is 5. The number of para-hydroxylation sites is 1. The quantitative estimate of drug-likeness (QED) is 0.652. The van der Waals surface area contributed by atoms with Gasteiger partial charge in [0.15, 0.2) is 0 Å². The molecule has 0 saturated carbocycles. The number of aromatic nitrogens is 1. The van der Waals surface area contributed by atoms with Crippen LogP contribution in [0.15, 0.2) is 40.3 Å². The van der Waals surface area contributed by atoms with Crippen LogP contribution in [0.4, 0.5) is 10.5 Å². The van der Waals surface area contributed by atoms with E-state index in [9.17, 15) is 4.79 Å². The summed E-state index contributed by atoms with van der Waals surface area (Å²) >= 11 is 0. The summed E-state index contributed by atoms with van der Waals surface area (Å²) in [5.41, 5.74) is 8.59. The maximum Gasteiger partial charge on any atom is 0.343 e. The fourth-order valence-corrected chi connectivity index (χ4v) is 1.57. The lowest BCUT2D eigenvalue weighted by Gasteiger charge is -2.10. The van der Waals surface area contributed by atoms with Crippen molar-refractivity contribution in [3.05, 3.63) is 41.8 Å². The van der Waals surface area contributed by atoms with Gasteiger partial charge in [-0.25, -0.2) is 4.79 Å². The smallest absolute Gasteiger partial charge is 0.343 e. The van der Waals surface area contributed by atoms with E-state index in [1.54, 1.807) is 0 Å². The average Bonchev–Trinajstić information content (AvgIpc) is 2.92. The van der Waals surface area contributed by atoms with Gasteiger partial charge in [-0.2, -0.15) is 10.5 Å². The number of carbonyl (C=O) groups is 1. The van der Waals surface area contributed by atoms with Crippen LogP contribution in [0, 0.1) is 12.5 Å². The topological polar surface area (TPSA) is 104 Å². The first-order valence-electron chi connectivity index (χ1n) is 6.15. The third-order valence-corrected chi connectivity index (χ3v) is 2.79. The molecule has 2 N–H and O–H groups in total. The predicted molar refractivity (Wildman–Crippen MR) is 73.9 cm³/mol. The molecule has 1 aromatic heterocycles. The van der Waals surface area contributed by atoms with Crippen LogP contribution in [0.2, 0.25) is 0 Å². The fraction of sp³-hybridized carbons (Fsp3) is 0.231.